The third kappa shape index (κ3) is 1.71. The third-order valence-corrected chi connectivity index (χ3v) is 3.98. The van der Waals surface area contributed by atoms with Gasteiger partial charge in [-0.25, -0.2) is 0 Å². The van der Waals surface area contributed by atoms with Gasteiger partial charge in [-0.2, -0.15) is 0 Å². The Balaban J connectivity index is 2.47. The Bertz CT molecular complexity index is 331. The van der Waals surface area contributed by atoms with Crippen LogP contribution in [-0.2, 0) is 9.47 Å². The molecule has 6 nitrogen and oxygen atoms in total. The molecule has 4 N–H and O–H groups in total. The van der Waals surface area contributed by atoms with Gasteiger partial charge in [0.15, 0.2) is 5.79 Å². The van der Waals surface area contributed by atoms with Crippen LogP contribution in [0.25, 0.3) is 0 Å². The molecule has 0 radical (unpaired) electrons. The van der Waals surface area contributed by atoms with Gasteiger partial charge in [-0.15, -0.1) is 0 Å². The molecule has 6 heteroatoms. The van der Waals surface area contributed by atoms with Crippen LogP contribution < -0.4 is 0 Å². The van der Waals surface area contributed by atoms with Gasteiger partial charge >= 0.3 is 0 Å². The van der Waals surface area contributed by atoms with Crippen molar-refractivity contribution in [3.8, 4) is 0 Å². The number of rotatable bonds is 1. The van der Waals surface area contributed by atoms with Crippen LogP contribution in [0.5, 0.6) is 0 Å². The van der Waals surface area contributed by atoms with Crippen molar-refractivity contribution in [1.29, 1.82) is 0 Å². The highest BCUT2D eigenvalue weighted by atomic mass is 16.8. The summed E-state index contributed by atoms with van der Waals surface area (Å²) in [6, 6.07) is 0. The molecule has 1 saturated heterocycles. The van der Waals surface area contributed by atoms with E-state index in [9.17, 15) is 20.4 Å². The molecule has 0 aromatic rings. The highest BCUT2D eigenvalue weighted by molar-refractivity contribution is 5.14. The Kier molecular flexibility index (Phi) is 3.25. The maximum absolute atomic E-state index is 10.3. The summed E-state index contributed by atoms with van der Waals surface area (Å²) in [5.41, 5.74) is -1.22. The second-order valence-electron chi connectivity index (χ2n) is 5.97. The first-order chi connectivity index (χ1) is 8.13. The lowest BCUT2D eigenvalue weighted by atomic mass is 9.69. The summed E-state index contributed by atoms with van der Waals surface area (Å²) in [6.45, 7) is 6.98. The van der Waals surface area contributed by atoms with Gasteiger partial charge in [0.1, 0.15) is 36.1 Å². The zero-order valence-corrected chi connectivity index (χ0v) is 11.1. The van der Waals surface area contributed by atoms with Crippen LogP contribution in [0.3, 0.4) is 0 Å². The molecule has 0 aromatic heterocycles. The predicted molar refractivity (Wildman–Crippen MR) is 61.6 cm³/mol. The molecule has 2 aliphatic rings. The summed E-state index contributed by atoms with van der Waals surface area (Å²) in [4.78, 5) is 0. The molecule has 0 aromatic carbocycles. The summed E-state index contributed by atoms with van der Waals surface area (Å²) in [6.07, 6.45) is -6.40. The molecule has 0 spiro atoms. The summed E-state index contributed by atoms with van der Waals surface area (Å²) in [5, 5.41) is 39.9. The van der Waals surface area contributed by atoms with Crippen LogP contribution in [0.4, 0.5) is 0 Å². The minimum Gasteiger partial charge on any atom is -0.387 e. The highest BCUT2D eigenvalue weighted by Gasteiger charge is 2.67. The SMILES string of the molecule is CC(C)[C@]12OC(C)(C)O[C@H]1[C@@H](O)[C@H](O)[C@@H](O)[C@@H]2O. The molecule has 0 amide bonds. The lowest BCUT2D eigenvalue weighted by molar-refractivity contribution is -0.250. The van der Waals surface area contributed by atoms with Gasteiger partial charge in [0.25, 0.3) is 0 Å². The van der Waals surface area contributed by atoms with Crippen molar-refractivity contribution in [1.82, 2.24) is 0 Å². The fraction of sp³-hybridized carbons (Fsp3) is 1.00. The maximum Gasteiger partial charge on any atom is 0.164 e. The van der Waals surface area contributed by atoms with E-state index >= 15 is 0 Å². The quantitative estimate of drug-likeness (QED) is 0.483. The molecule has 1 heterocycles. The minimum absolute atomic E-state index is 0.198. The summed E-state index contributed by atoms with van der Waals surface area (Å²) < 4.78 is 11.4. The van der Waals surface area contributed by atoms with Crippen LogP contribution in [0.2, 0.25) is 0 Å². The molecule has 1 aliphatic heterocycles. The van der Waals surface area contributed by atoms with E-state index in [0.29, 0.717) is 0 Å². The van der Waals surface area contributed by atoms with Gasteiger partial charge in [0, 0.05) is 0 Å². The zero-order valence-electron chi connectivity index (χ0n) is 11.1. The predicted octanol–water partition coefficient (Wildman–Crippen LogP) is -1.01. The second-order valence-corrected chi connectivity index (χ2v) is 5.97. The molecule has 2 rings (SSSR count). The lowest BCUT2D eigenvalue weighted by Gasteiger charge is -2.49. The number of hydrogen-bond acceptors (Lipinski definition) is 6. The number of ether oxygens (including phenoxy) is 2. The molecule has 6 atom stereocenters. The van der Waals surface area contributed by atoms with Gasteiger partial charge in [0.2, 0.25) is 0 Å². The first-order valence-electron chi connectivity index (χ1n) is 6.23. The average Bonchev–Trinajstić information content (AvgIpc) is 2.57. The third-order valence-electron chi connectivity index (χ3n) is 3.98. The molecular formula is C12H22O6. The van der Waals surface area contributed by atoms with E-state index in [4.69, 9.17) is 9.47 Å². The first-order valence-corrected chi connectivity index (χ1v) is 6.23. The van der Waals surface area contributed by atoms with Crippen LogP contribution >= 0.6 is 0 Å². The maximum atomic E-state index is 10.3. The van der Waals surface area contributed by atoms with Crippen LogP contribution in [0.15, 0.2) is 0 Å². The number of fused-ring (bicyclic) bond motifs is 1. The van der Waals surface area contributed by atoms with Gasteiger partial charge in [-0.05, 0) is 19.8 Å². The molecular weight excluding hydrogens is 240 g/mol. The fourth-order valence-corrected chi connectivity index (χ4v) is 3.09. The van der Waals surface area contributed by atoms with Crippen LogP contribution in [0.1, 0.15) is 27.7 Å². The van der Waals surface area contributed by atoms with Crippen molar-refractivity contribution in [2.45, 2.75) is 69.6 Å². The van der Waals surface area contributed by atoms with Gasteiger partial charge in [0.05, 0.1) is 0 Å². The molecule has 0 bridgehead atoms. The first kappa shape index (κ1) is 14.2. The van der Waals surface area contributed by atoms with Gasteiger partial charge < -0.3 is 29.9 Å². The fourth-order valence-electron chi connectivity index (χ4n) is 3.09. The van der Waals surface area contributed by atoms with Gasteiger partial charge in [-0.1, -0.05) is 13.8 Å². The summed E-state index contributed by atoms with van der Waals surface area (Å²) >= 11 is 0. The smallest absolute Gasteiger partial charge is 0.164 e. The molecule has 1 saturated carbocycles. The monoisotopic (exact) mass is 262 g/mol. The molecule has 1 aliphatic carbocycles. The highest BCUT2D eigenvalue weighted by Crippen LogP contribution is 2.49. The van der Waals surface area contributed by atoms with Crippen molar-refractivity contribution < 1.29 is 29.9 Å². The second kappa shape index (κ2) is 4.13. The van der Waals surface area contributed by atoms with E-state index in [0.717, 1.165) is 0 Å². The summed E-state index contributed by atoms with van der Waals surface area (Å²) in [5.74, 6) is -1.18. The van der Waals surface area contributed by atoms with Crippen molar-refractivity contribution in [2.24, 2.45) is 5.92 Å². The summed E-state index contributed by atoms with van der Waals surface area (Å²) in [7, 11) is 0. The molecule has 2 fully saturated rings. The van der Waals surface area contributed by atoms with Crippen LogP contribution in [0, 0.1) is 5.92 Å². The van der Waals surface area contributed by atoms with Gasteiger partial charge in [-0.3, -0.25) is 0 Å². The van der Waals surface area contributed by atoms with Crippen molar-refractivity contribution in [3.05, 3.63) is 0 Å². The Morgan fingerprint density at radius 2 is 1.50 bits per heavy atom. The Labute approximate surface area is 106 Å². The van der Waals surface area contributed by atoms with E-state index in [1.165, 1.54) is 0 Å². The largest absolute Gasteiger partial charge is 0.387 e. The van der Waals surface area contributed by atoms with E-state index in [-0.39, 0.29) is 5.92 Å². The van der Waals surface area contributed by atoms with Crippen LogP contribution in [-0.4, -0.2) is 62.3 Å². The van der Waals surface area contributed by atoms with Crippen molar-refractivity contribution in [2.75, 3.05) is 0 Å². The zero-order chi connectivity index (χ0) is 13.9. The standard InChI is InChI=1S/C12H22O6/c1-5(2)12-9(16)7(14)6(13)8(15)10(12)17-11(3,4)18-12/h5-10,13-16H,1-4H3/t6-,7-,8+,9+,10+,12-/m1/s1. The normalized spacial score (nSPS) is 51.5. The number of hydrogen-bond donors (Lipinski definition) is 4. The minimum atomic E-state index is -1.46. The number of aliphatic hydroxyl groups excluding tert-OH is 4. The van der Waals surface area contributed by atoms with E-state index in [2.05, 4.69) is 0 Å². The Morgan fingerprint density at radius 3 is 2.00 bits per heavy atom. The average molecular weight is 262 g/mol. The van der Waals surface area contributed by atoms with Crippen molar-refractivity contribution >= 4 is 0 Å². The van der Waals surface area contributed by atoms with E-state index in [1.807, 2.05) is 13.8 Å². The van der Waals surface area contributed by atoms with Crippen molar-refractivity contribution in [3.63, 3.8) is 0 Å². The van der Waals surface area contributed by atoms with E-state index < -0.39 is 41.9 Å². The molecule has 18 heavy (non-hydrogen) atoms. The lowest BCUT2D eigenvalue weighted by Crippen LogP contribution is -2.71. The Hall–Kier alpha value is -0.240. The van der Waals surface area contributed by atoms with E-state index in [1.54, 1.807) is 13.8 Å². The topological polar surface area (TPSA) is 99.4 Å². The Morgan fingerprint density at radius 1 is 0.944 bits per heavy atom. The molecule has 106 valence electrons. The molecule has 0 unspecified atom stereocenters. The number of aliphatic hydroxyl groups is 4.